The van der Waals surface area contributed by atoms with Crippen molar-refractivity contribution in [1.82, 2.24) is 5.32 Å². The number of ether oxygens (including phenoxy) is 1. The van der Waals surface area contributed by atoms with E-state index in [1.165, 1.54) is 7.11 Å². The molecule has 0 radical (unpaired) electrons. The smallest absolute Gasteiger partial charge is 0.325 e. The first kappa shape index (κ1) is 18.7. The summed E-state index contributed by atoms with van der Waals surface area (Å²) in [7, 11) is 1.43. The molecule has 4 nitrogen and oxygen atoms in total. The van der Waals surface area contributed by atoms with Crippen LogP contribution in [0.15, 0.2) is 0 Å². The fourth-order valence-electron chi connectivity index (χ4n) is 1.72. The highest BCUT2D eigenvalue weighted by Gasteiger charge is 2.32. The average Bonchev–Trinajstić information content (AvgIpc) is 2.39. The molecule has 0 rings (SSSR count). The van der Waals surface area contributed by atoms with Crippen molar-refractivity contribution in [3.8, 4) is 0 Å². The molecular formula is C14H29NO3S. The van der Waals surface area contributed by atoms with Gasteiger partial charge in [0.05, 0.1) is 13.2 Å². The summed E-state index contributed by atoms with van der Waals surface area (Å²) in [5.41, 5.74) is -0.598. The number of methoxy groups -OCH3 is 1. The summed E-state index contributed by atoms with van der Waals surface area (Å²) >= 11 is 1.74. The summed E-state index contributed by atoms with van der Waals surface area (Å²) in [5, 5.41) is 12.9. The van der Waals surface area contributed by atoms with Gasteiger partial charge >= 0.3 is 5.97 Å². The number of carbonyl (C=O) groups excluding carboxylic acids is 1. The highest BCUT2D eigenvalue weighted by Crippen LogP contribution is 2.20. The van der Waals surface area contributed by atoms with E-state index >= 15 is 0 Å². The Balaban J connectivity index is 4.16. The molecule has 0 fully saturated rings. The van der Waals surface area contributed by atoms with Crippen LogP contribution in [0.25, 0.3) is 0 Å². The fraction of sp³-hybridized carbons (Fsp3) is 0.929. The molecule has 0 amide bonds. The Morgan fingerprint density at radius 2 is 2.11 bits per heavy atom. The predicted octanol–water partition coefficient (Wildman–Crippen LogP) is 2.20. The van der Waals surface area contributed by atoms with Crippen molar-refractivity contribution >= 4 is 17.7 Å². The van der Waals surface area contributed by atoms with Gasteiger partial charge in [-0.1, -0.05) is 13.8 Å². The molecule has 0 aliphatic heterocycles. The molecule has 0 spiro atoms. The van der Waals surface area contributed by atoms with Crippen molar-refractivity contribution < 1.29 is 14.6 Å². The third-order valence-corrected chi connectivity index (χ3v) is 4.73. The number of aliphatic hydroxyl groups excluding tert-OH is 1. The molecule has 0 aliphatic rings. The van der Waals surface area contributed by atoms with E-state index in [2.05, 4.69) is 12.2 Å². The topological polar surface area (TPSA) is 58.6 Å². The number of esters is 1. The highest BCUT2D eigenvalue weighted by atomic mass is 32.2. The number of hydrogen-bond donors (Lipinski definition) is 2. The van der Waals surface area contributed by atoms with Gasteiger partial charge in [-0.05, 0) is 45.4 Å². The number of thioether (sulfide) groups is 1. The molecule has 2 N–H and O–H groups in total. The standard InChI is InChI=1S/C14H29NO3S/c1-6-9-15-14(4,13(17)18-5)8-7-10-19-12(3)11(2)16/h11-12,15-16H,6-10H2,1-5H3. The Hall–Kier alpha value is -0.260. The Bertz CT molecular complexity index is 261. The minimum atomic E-state index is -0.598. The zero-order chi connectivity index (χ0) is 14.9. The van der Waals surface area contributed by atoms with Crippen LogP contribution in [0.2, 0.25) is 0 Å². The summed E-state index contributed by atoms with van der Waals surface area (Å²) in [6.07, 6.45) is 2.36. The molecule has 3 unspecified atom stereocenters. The second-order valence-corrected chi connectivity index (χ2v) is 6.66. The number of nitrogens with one attached hydrogen (secondary N) is 1. The molecule has 0 heterocycles. The third-order valence-electron chi connectivity index (χ3n) is 3.28. The van der Waals surface area contributed by atoms with Gasteiger partial charge in [0.2, 0.25) is 0 Å². The van der Waals surface area contributed by atoms with Gasteiger partial charge in [0.1, 0.15) is 5.54 Å². The zero-order valence-electron chi connectivity index (χ0n) is 12.9. The van der Waals surface area contributed by atoms with Crippen molar-refractivity contribution in [1.29, 1.82) is 0 Å². The largest absolute Gasteiger partial charge is 0.468 e. The molecule has 5 heteroatoms. The maximum atomic E-state index is 11.8. The van der Waals surface area contributed by atoms with Gasteiger partial charge in [-0.2, -0.15) is 11.8 Å². The minimum Gasteiger partial charge on any atom is -0.468 e. The van der Waals surface area contributed by atoms with Crippen molar-refractivity contribution in [3.05, 3.63) is 0 Å². The van der Waals surface area contributed by atoms with Crippen molar-refractivity contribution in [2.24, 2.45) is 0 Å². The van der Waals surface area contributed by atoms with Crippen LogP contribution in [0.4, 0.5) is 0 Å². The molecule has 0 aromatic rings. The fourth-order valence-corrected chi connectivity index (χ4v) is 2.68. The van der Waals surface area contributed by atoms with Crippen LogP contribution in [0.1, 0.15) is 47.0 Å². The van der Waals surface area contributed by atoms with Gasteiger partial charge in [0, 0.05) is 5.25 Å². The lowest BCUT2D eigenvalue weighted by Crippen LogP contribution is -2.50. The van der Waals surface area contributed by atoms with Gasteiger partial charge < -0.3 is 15.2 Å². The first-order valence-corrected chi connectivity index (χ1v) is 8.05. The van der Waals surface area contributed by atoms with E-state index in [1.54, 1.807) is 18.7 Å². The quantitative estimate of drug-likeness (QED) is 0.477. The van der Waals surface area contributed by atoms with E-state index in [0.717, 1.165) is 31.6 Å². The van der Waals surface area contributed by atoms with Crippen molar-refractivity contribution in [2.75, 3.05) is 19.4 Å². The molecular weight excluding hydrogens is 262 g/mol. The zero-order valence-corrected chi connectivity index (χ0v) is 13.7. The maximum absolute atomic E-state index is 11.8. The highest BCUT2D eigenvalue weighted by molar-refractivity contribution is 7.99. The minimum absolute atomic E-state index is 0.200. The lowest BCUT2D eigenvalue weighted by Gasteiger charge is -2.28. The monoisotopic (exact) mass is 291 g/mol. The molecule has 0 saturated carbocycles. The summed E-state index contributed by atoms with van der Waals surface area (Å²) in [6, 6.07) is 0. The number of carbonyl (C=O) groups is 1. The molecule has 0 saturated heterocycles. The van der Waals surface area contributed by atoms with E-state index in [-0.39, 0.29) is 17.3 Å². The number of rotatable bonds is 10. The first-order chi connectivity index (χ1) is 8.87. The molecule has 0 aliphatic carbocycles. The van der Waals surface area contributed by atoms with E-state index in [4.69, 9.17) is 4.74 Å². The van der Waals surface area contributed by atoms with Crippen LogP contribution < -0.4 is 5.32 Å². The molecule has 19 heavy (non-hydrogen) atoms. The van der Waals surface area contributed by atoms with Crippen LogP contribution in [-0.4, -0.2) is 47.4 Å². The number of aliphatic hydroxyl groups is 1. The van der Waals surface area contributed by atoms with Gasteiger partial charge in [-0.15, -0.1) is 0 Å². The number of hydrogen-bond acceptors (Lipinski definition) is 5. The lowest BCUT2D eigenvalue weighted by atomic mass is 9.96. The van der Waals surface area contributed by atoms with Crippen LogP contribution in [-0.2, 0) is 9.53 Å². The van der Waals surface area contributed by atoms with E-state index in [0.29, 0.717) is 0 Å². The van der Waals surface area contributed by atoms with E-state index < -0.39 is 5.54 Å². The molecule has 0 aromatic heterocycles. The summed E-state index contributed by atoms with van der Waals surface area (Å²) in [4.78, 5) is 11.8. The normalized spacial score (nSPS) is 17.6. The Kier molecular flexibility index (Phi) is 9.48. The van der Waals surface area contributed by atoms with E-state index in [9.17, 15) is 9.90 Å². The van der Waals surface area contributed by atoms with Crippen LogP contribution in [0.5, 0.6) is 0 Å². The second-order valence-electron chi connectivity index (χ2n) is 5.17. The van der Waals surface area contributed by atoms with Gasteiger partial charge in [-0.25, -0.2) is 0 Å². The molecule has 0 aromatic carbocycles. The van der Waals surface area contributed by atoms with Crippen LogP contribution in [0, 0.1) is 0 Å². The van der Waals surface area contributed by atoms with Crippen molar-refractivity contribution in [3.63, 3.8) is 0 Å². The van der Waals surface area contributed by atoms with Crippen LogP contribution in [0.3, 0.4) is 0 Å². The SMILES string of the molecule is CCCNC(C)(CCCSC(C)C(C)O)C(=O)OC. The maximum Gasteiger partial charge on any atom is 0.325 e. The van der Waals surface area contributed by atoms with Gasteiger partial charge in [-0.3, -0.25) is 4.79 Å². The summed E-state index contributed by atoms with van der Waals surface area (Å²) < 4.78 is 4.88. The Morgan fingerprint density at radius 3 is 2.58 bits per heavy atom. The molecule has 3 atom stereocenters. The Labute approximate surface area is 121 Å². The summed E-state index contributed by atoms with van der Waals surface area (Å²) in [6.45, 7) is 8.61. The molecule has 0 bridgehead atoms. The summed E-state index contributed by atoms with van der Waals surface area (Å²) in [5.74, 6) is 0.737. The average molecular weight is 291 g/mol. The van der Waals surface area contributed by atoms with Crippen LogP contribution >= 0.6 is 11.8 Å². The van der Waals surface area contributed by atoms with Gasteiger partial charge in [0.25, 0.3) is 0 Å². The Morgan fingerprint density at radius 1 is 1.47 bits per heavy atom. The first-order valence-electron chi connectivity index (χ1n) is 7.00. The molecule has 114 valence electrons. The predicted molar refractivity (Wildman–Crippen MR) is 81.5 cm³/mol. The lowest BCUT2D eigenvalue weighted by molar-refractivity contribution is -0.148. The van der Waals surface area contributed by atoms with Crippen molar-refractivity contribution in [2.45, 2.75) is 63.9 Å². The van der Waals surface area contributed by atoms with Gasteiger partial charge in [0.15, 0.2) is 0 Å². The second kappa shape index (κ2) is 9.61. The third kappa shape index (κ3) is 7.18. The van der Waals surface area contributed by atoms with E-state index in [1.807, 2.05) is 13.8 Å².